The normalized spacial score (nSPS) is 22.0. The number of hydrogen-bond donors (Lipinski definition) is 1. The lowest BCUT2D eigenvalue weighted by Gasteiger charge is -2.44. The summed E-state index contributed by atoms with van der Waals surface area (Å²) in [5.74, 6) is 0. The van der Waals surface area contributed by atoms with Crippen LogP contribution in [0.25, 0.3) is 0 Å². The average molecular weight is 306 g/mol. The van der Waals surface area contributed by atoms with Gasteiger partial charge in [0.2, 0.25) is 0 Å². The number of nitrogens with one attached hydrogen (secondary N) is 1. The Balaban J connectivity index is 1.97. The highest BCUT2D eigenvalue weighted by molar-refractivity contribution is 6.79. The van der Waals surface area contributed by atoms with Crippen molar-refractivity contribution in [1.82, 2.24) is 4.98 Å². The number of rotatable bonds is 8. The second-order valence-corrected chi connectivity index (χ2v) is 12.1. The van der Waals surface area contributed by atoms with Gasteiger partial charge in [0.1, 0.15) is 8.24 Å². The van der Waals surface area contributed by atoms with Crippen molar-refractivity contribution in [2.24, 2.45) is 0 Å². The Morgan fingerprint density at radius 3 is 2.29 bits per heavy atom. The fraction of sp³-hybridized carbons (Fsp3) is 0.789. The van der Waals surface area contributed by atoms with Gasteiger partial charge in [-0.2, -0.15) is 0 Å². The molecular formula is C19H35NSi. The predicted molar refractivity (Wildman–Crippen MR) is 97.2 cm³/mol. The average Bonchev–Trinajstić information content (AvgIpc) is 2.95. The van der Waals surface area contributed by atoms with Gasteiger partial charge in [-0.05, 0) is 19.3 Å². The molecule has 0 bridgehead atoms. The van der Waals surface area contributed by atoms with E-state index in [1.807, 2.05) is 0 Å². The van der Waals surface area contributed by atoms with Crippen LogP contribution < -0.4 is 4.98 Å². The van der Waals surface area contributed by atoms with Crippen molar-refractivity contribution in [1.29, 1.82) is 0 Å². The lowest BCUT2D eigenvalue weighted by Crippen LogP contribution is -2.57. The second kappa shape index (κ2) is 7.78. The summed E-state index contributed by atoms with van der Waals surface area (Å²) in [6.45, 7) is 7.41. The van der Waals surface area contributed by atoms with E-state index in [9.17, 15) is 0 Å². The molecular weight excluding hydrogens is 270 g/mol. The summed E-state index contributed by atoms with van der Waals surface area (Å²) < 4.78 is 0. The van der Waals surface area contributed by atoms with Crippen molar-refractivity contribution < 1.29 is 0 Å². The third-order valence-electron chi connectivity index (χ3n) is 5.68. The Hall–Kier alpha value is -0.343. The summed E-state index contributed by atoms with van der Waals surface area (Å²) in [6.07, 6.45) is 23.6. The van der Waals surface area contributed by atoms with Crippen LogP contribution in [0.15, 0.2) is 24.3 Å². The Labute approximate surface area is 133 Å². The number of unbranched alkanes of at least 4 members (excludes halogenated alkanes) is 3. The minimum atomic E-state index is -1.49. The molecule has 0 aromatic carbocycles. The molecule has 2 heteroatoms. The van der Waals surface area contributed by atoms with Gasteiger partial charge in [0, 0.05) is 11.1 Å². The van der Waals surface area contributed by atoms with E-state index in [-0.39, 0.29) is 0 Å². The smallest absolute Gasteiger partial charge is 0.133 e. The first-order chi connectivity index (χ1) is 10.1. The maximum Gasteiger partial charge on any atom is 0.133 e. The van der Waals surface area contributed by atoms with Crippen LogP contribution in [0.5, 0.6) is 0 Å². The van der Waals surface area contributed by atoms with Crippen LogP contribution in [0.4, 0.5) is 0 Å². The van der Waals surface area contributed by atoms with Crippen molar-refractivity contribution in [3.05, 3.63) is 24.3 Å². The molecule has 120 valence electrons. The molecule has 0 saturated heterocycles. The van der Waals surface area contributed by atoms with Crippen LogP contribution in [0.3, 0.4) is 0 Å². The molecule has 0 spiro atoms. The summed E-state index contributed by atoms with van der Waals surface area (Å²) in [4.78, 5) is 4.16. The summed E-state index contributed by atoms with van der Waals surface area (Å²) in [7, 11) is -1.49. The van der Waals surface area contributed by atoms with Crippen molar-refractivity contribution in [2.45, 2.75) is 95.3 Å². The van der Waals surface area contributed by atoms with Crippen LogP contribution in [0, 0.1) is 0 Å². The van der Waals surface area contributed by atoms with Gasteiger partial charge in [-0.1, -0.05) is 89.3 Å². The van der Waals surface area contributed by atoms with Crippen molar-refractivity contribution >= 4 is 8.24 Å². The second-order valence-electron chi connectivity index (χ2n) is 7.67. The lowest BCUT2D eigenvalue weighted by molar-refractivity contribution is 0.409. The summed E-state index contributed by atoms with van der Waals surface area (Å²) >= 11 is 0. The first kappa shape index (κ1) is 17.0. The van der Waals surface area contributed by atoms with Crippen molar-refractivity contribution in [3.8, 4) is 0 Å². The first-order valence-corrected chi connectivity index (χ1v) is 12.2. The molecule has 0 heterocycles. The quantitative estimate of drug-likeness (QED) is 0.431. The van der Waals surface area contributed by atoms with E-state index in [4.69, 9.17) is 0 Å². The van der Waals surface area contributed by atoms with Crippen LogP contribution in [-0.4, -0.2) is 14.3 Å². The zero-order valence-corrected chi connectivity index (χ0v) is 15.5. The fourth-order valence-electron chi connectivity index (χ4n) is 4.14. The molecule has 0 radical (unpaired) electrons. The SMILES string of the molecule is CCCCCCC1([Si](C)(C)NC2CCCCC2)C=CC=C1. The highest BCUT2D eigenvalue weighted by Gasteiger charge is 2.44. The molecule has 0 amide bonds. The number of allylic oxidation sites excluding steroid dienone is 4. The fourth-order valence-corrected chi connectivity index (χ4v) is 7.55. The Morgan fingerprint density at radius 2 is 1.67 bits per heavy atom. The highest BCUT2D eigenvalue weighted by Crippen LogP contribution is 2.47. The molecule has 0 aromatic rings. The molecule has 0 aromatic heterocycles. The van der Waals surface area contributed by atoms with Gasteiger partial charge in [-0.3, -0.25) is 0 Å². The Bertz CT molecular complexity index is 352. The van der Waals surface area contributed by atoms with E-state index in [1.165, 1.54) is 64.2 Å². The predicted octanol–water partition coefficient (Wildman–Crippen LogP) is 5.95. The zero-order valence-electron chi connectivity index (χ0n) is 14.5. The number of hydrogen-bond acceptors (Lipinski definition) is 1. The maximum absolute atomic E-state index is 4.16. The van der Waals surface area contributed by atoms with Gasteiger partial charge < -0.3 is 4.98 Å². The molecule has 2 aliphatic rings. The van der Waals surface area contributed by atoms with Gasteiger partial charge in [-0.15, -0.1) is 0 Å². The van der Waals surface area contributed by atoms with E-state index in [1.54, 1.807) is 0 Å². The topological polar surface area (TPSA) is 12.0 Å². The van der Waals surface area contributed by atoms with Crippen LogP contribution in [0.1, 0.15) is 71.1 Å². The van der Waals surface area contributed by atoms with Crippen molar-refractivity contribution in [2.75, 3.05) is 0 Å². The van der Waals surface area contributed by atoms with E-state index >= 15 is 0 Å². The molecule has 0 aliphatic heterocycles. The maximum atomic E-state index is 4.16. The molecule has 21 heavy (non-hydrogen) atoms. The molecule has 0 unspecified atom stereocenters. The van der Waals surface area contributed by atoms with E-state index < -0.39 is 8.24 Å². The Kier molecular flexibility index (Phi) is 6.30. The summed E-state index contributed by atoms with van der Waals surface area (Å²) in [6, 6.07) is 0.787. The first-order valence-electron chi connectivity index (χ1n) is 9.24. The van der Waals surface area contributed by atoms with Gasteiger partial charge in [0.05, 0.1) is 0 Å². The minimum Gasteiger partial charge on any atom is -0.334 e. The largest absolute Gasteiger partial charge is 0.334 e. The van der Waals surface area contributed by atoms with E-state index in [2.05, 4.69) is 49.3 Å². The monoisotopic (exact) mass is 305 g/mol. The zero-order chi connectivity index (χ0) is 15.2. The Morgan fingerprint density at radius 1 is 1.00 bits per heavy atom. The van der Waals surface area contributed by atoms with E-state index in [0.29, 0.717) is 5.04 Å². The molecule has 1 fully saturated rings. The third kappa shape index (κ3) is 4.32. The summed E-state index contributed by atoms with van der Waals surface area (Å²) in [5, 5.41) is 0.359. The summed E-state index contributed by atoms with van der Waals surface area (Å²) in [5.41, 5.74) is 0. The molecule has 1 saturated carbocycles. The van der Waals surface area contributed by atoms with Crippen LogP contribution in [-0.2, 0) is 0 Å². The van der Waals surface area contributed by atoms with Gasteiger partial charge in [0.15, 0.2) is 0 Å². The van der Waals surface area contributed by atoms with Gasteiger partial charge >= 0.3 is 0 Å². The van der Waals surface area contributed by atoms with Crippen LogP contribution in [0.2, 0.25) is 18.1 Å². The molecule has 0 atom stereocenters. The van der Waals surface area contributed by atoms with Gasteiger partial charge in [0.25, 0.3) is 0 Å². The molecule has 1 nitrogen and oxygen atoms in total. The molecule has 2 rings (SSSR count). The minimum absolute atomic E-state index is 0.359. The molecule has 1 N–H and O–H groups in total. The molecule has 2 aliphatic carbocycles. The third-order valence-corrected chi connectivity index (χ3v) is 9.72. The van der Waals surface area contributed by atoms with Crippen molar-refractivity contribution in [3.63, 3.8) is 0 Å². The standard InChI is InChI=1S/C19H35NSi/c1-4-5-6-10-15-19(16-11-12-17-19)21(2,3)20-18-13-8-7-9-14-18/h11-12,16-18,20H,4-10,13-15H2,1-3H3. The lowest BCUT2D eigenvalue weighted by atomic mass is 9.96. The highest BCUT2D eigenvalue weighted by atomic mass is 28.3. The van der Waals surface area contributed by atoms with E-state index in [0.717, 1.165) is 6.04 Å². The van der Waals surface area contributed by atoms with Gasteiger partial charge in [-0.25, -0.2) is 0 Å². The van der Waals surface area contributed by atoms with Crippen LogP contribution >= 0.6 is 0 Å².